The number of aromatic nitrogens is 4. The van der Waals surface area contributed by atoms with Gasteiger partial charge in [0.1, 0.15) is 5.82 Å². The predicted molar refractivity (Wildman–Crippen MR) is 127 cm³/mol. The highest BCUT2D eigenvalue weighted by atomic mass is 16.2. The lowest BCUT2D eigenvalue weighted by Gasteiger charge is -2.33. The number of fused-ring (bicyclic) bond motifs is 1. The molecule has 1 fully saturated rings. The van der Waals surface area contributed by atoms with Crippen molar-refractivity contribution in [1.82, 2.24) is 24.0 Å². The molecule has 2 aromatic heterocycles. The van der Waals surface area contributed by atoms with Crippen LogP contribution in [0.25, 0.3) is 11.2 Å². The fourth-order valence-electron chi connectivity index (χ4n) is 4.94. The van der Waals surface area contributed by atoms with Gasteiger partial charge in [-0.25, -0.2) is 9.78 Å². The van der Waals surface area contributed by atoms with Crippen LogP contribution in [-0.2, 0) is 24.3 Å². The lowest BCUT2D eigenvalue weighted by Crippen LogP contribution is -2.43. The summed E-state index contributed by atoms with van der Waals surface area (Å²) < 4.78 is 3.49. The number of amides is 1. The molecule has 0 spiro atoms. The number of hydrogen-bond donors (Lipinski definition) is 1. The van der Waals surface area contributed by atoms with Crippen molar-refractivity contribution in [3.8, 4) is 0 Å². The predicted octanol–water partition coefficient (Wildman–Crippen LogP) is 3.45. The molecule has 2 aromatic rings. The van der Waals surface area contributed by atoms with Crippen molar-refractivity contribution in [2.75, 3.05) is 0 Å². The standard InChI is InChI=1S/C24H39N5O3/c1-6-7-14-27-22-21(23(31)26-24(27)32)28(15-16(2)3)19(25-22)12-13-20(30)29(17(4)5)18-10-8-9-11-18/h16-18H,6-15H2,1-5H3,(H,26,31,32). The smallest absolute Gasteiger partial charge is 0.330 e. The zero-order valence-corrected chi connectivity index (χ0v) is 20.3. The van der Waals surface area contributed by atoms with E-state index < -0.39 is 11.2 Å². The minimum atomic E-state index is -0.417. The van der Waals surface area contributed by atoms with E-state index in [0.717, 1.165) is 25.7 Å². The first kappa shape index (κ1) is 24.3. The zero-order chi connectivity index (χ0) is 23.4. The van der Waals surface area contributed by atoms with Crippen molar-refractivity contribution < 1.29 is 4.79 Å². The molecule has 2 heterocycles. The largest absolute Gasteiger partial charge is 0.337 e. The molecule has 0 aromatic carbocycles. The molecule has 1 amide bonds. The van der Waals surface area contributed by atoms with E-state index in [1.54, 1.807) is 4.57 Å². The van der Waals surface area contributed by atoms with Gasteiger partial charge in [0.05, 0.1) is 0 Å². The summed E-state index contributed by atoms with van der Waals surface area (Å²) in [5, 5.41) is 0. The first-order valence-electron chi connectivity index (χ1n) is 12.3. The molecule has 178 valence electrons. The molecule has 0 saturated heterocycles. The minimum absolute atomic E-state index is 0.146. The van der Waals surface area contributed by atoms with Crippen molar-refractivity contribution in [2.45, 2.75) is 111 Å². The number of nitrogens with zero attached hydrogens (tertiary/aromatic N) is 4. The Hall–Kier alpha value is -2.38. The van der Waals surface area contributed by atoms with Gasteiger partial charge in [0.25, 0.3) is 5.56 Å². The SMILES string of the molecule is CCCCn1c(=O)[nH]c(=O)c2c1nc(CCC(=O)N(C(C)C)C1CCCC1)n2CC(C)C. The summed E-state index contributed by atoms with van der Waals surface area (Å²) in [5.41, 5.74) is 0.0541. The summed E-state index contributed by atoms with van der Waals surface area (Å²) in [6, 6.07) is 0.501. The Balaban J connectivity index is 1.96. The van der Waals surface area contributed by atoms with Crippen LogP contribution < -0.4 is 11.2 Å². The molecule has 32 heavy (non-hydrogen) atoms. The Morgan fingerprint density at radius 2 is 1.84 bits per heavy atom. The zero-order valence-electron chi connectivity index (χ0n) is 20.3. The van der Waals surface area contributed by atoms with Crippen LogP contribution in [0.15, 0.2) is 9.59 Å². The normalized spacial score (nSPS) is 14.8. The van der Waals surface area contributed by atoms with Crippen LogP contribution >= 0.6 is 0 Å². The van der Waals surface area contributed by atoms with E-state index in [1.807, 2.05) is 9.47 Å². The average molecular weight is 446 g/mol. The second-order valence-electron chi connectivity index (χ2n) is 9.80. The summed E-state index contributed by atoms with van der Waals surface area (Å²) in [6.07, 6.45) is 7.10. The van der Waals surface area contributed by atoms with Crippen molar-refractivity contribution in [3.05, 3.63) is 26.7 Å². The van der Waals surface area contributed by atoms with Crippen LogP contribution in [0.2, 0.25) is 0 Å². The van der Waals surface area contributed by atoms with Crippen molar-refractivity contribution in [3.63, 3.8) is 0 Å². The van der Waals surface area contributed by atoms with Crippen LogP contribution in [0, 0.1) is 5.92 Å². The minimum Gasteiger partial charge on any atom is -0.337 e. The number of unbranched alkanes of at least 4 members (excludes halogenated alkanes) is 1. The third kappa shape index (κ3) is 5.15. The molecule has 1 N–H and O–H groups in total. The number of aromatic amines is 1. The van der Waals surface area contributed by atoms with E-state index in [4.69, 9.17) is 4.98 Å². The summed E-state index contributed by atoms with van der Waals surface area (Å²) in [7, 11) is 0. The lowest BCUT2D eigenvalue weighted by atomic mass is 10.1. The molecule has 1 saturated carbocycles. The molecule has 3 rings (SSSR count). The lowest BCUT2D eigenvalue weighted by molar-refractivity contribution is -0.135. The Kier molecular flexibility index (Phi) is 7.96. The van der Waals surface area contributed by atoms with Gasteiger partial charge in [-0.2, -0.15) is 0 Å². The quantitative estimate of drug-likeness (QED) is 0.606. The Bertz CT molecular complexity index is 1040. The van der Waals surface area contributed by atoms with Gasteiger partial charge in [0, 0.05) is 38.0 Å². The van der Waals surface area contributed by atoms with Crippen LogP contribution in [0.5, 0.6) is 0 Å². The van der Waals surface area contributed by atoms with E-state index in [-0.39, 0.29) is 11.9 Å². The fourth-order valence-corrected chi connectivity index (χ4v) is 4.94. The number of H-pyrrole nitrogens is 1. The highest BCUT2D eigenvalue weighted by Crippen LogP contribution is 2.26. The first-order valence-corrected chi connectivity index (χ1v) is 12.3. The first-order chi connectivity index (χ1) is 15.2. The summed E-state index contributed by atoms with van der Waals surface area (Å²) in [4.78, 5) is 47.7. The maximum atomic E-state index is 13.2. The van der Waals surface area contributed by atoms with Gasteiger partial charge in [-0.1, -0.05) is 40.0 Å². The molecular formula is C24H39N5O3. The van der Waals surface area contributed by atoms with Gasteiger partial charge in [-0.3, -0.25) is 19.1 Å². The number of nitrogens with one attached hydrogen (secondary N) is 1. The van der Waals surface area contributed by atoms with Gasteiger partial charge in [0.2, 0.25) is 5.91 Å². The van der Waals surface area contributed by atoms with E-state index in [2.05, 4.69) is 39.6 Å². The van der Waals surface area contributed by atoms with Crippen molar-refractivity contribution in [1.29, 1.82) is 0 Å². The summed E-state index contributed by atoms with van der Waals surface area (Å²) in [6.45, 7) is 11.5. The van der Waals surface area contributed by atoms with E-state index in [9.17, 15) is 14.4 Å². The Morgan fingerprint density at radius 1 is 1.16 bits per heavy atom. The molecule has 1 aliphatic rings. The molecule has 8 heteroatoms. The van der Waals surface area contributed by atoms with Crippen LogP contribution in [0.4, 0.5) is 0 Å². The van der Waals surface area contributed by atoms with Gasteiger partial charge >= 0.3 is 5.69 Å². The molecule has 0 unspecified atom stereocenters. The molecule has 8 nitrogen and oxygen atoms in total. The van der Waals surface area contributed by atoms with Crippen LogP contribution in [0.3, 0.4) is 0 Å². The average Bonchev–Trinajstić information content (AvgIpc) is 3.34. The van der Waals surface area contributed by atoms with Gasteiger partial charge in [-0.15, -0.1) is 0 Å². The van der Waals surface area contributed by atoms with Crippen LogP contribution in [-0.4, -0.2) is 42.0 Å². The van der Waals surface area contributed by atoms with Gasteiger partial charge in [0.15, 0.2) is 11.2 Å². The Morgan fingerprint density at radius 3 is 2.44 bits per heavy atom. The number of aryl methyl sites for hydroxylation is 2. The molecule has 0 aliphatic heterocycles. The van der Waals surface area contributed by atoms with Crippen LogP contribution in [0.1, 0.15) is 85.4 Å². The Labute approximate surface area is 190 Å². The van der Waals surface area contributed by atoms with E-state index >= 15 is 0 Å². The van der Waals surface area contributed by atoms with Crippen molar-refractivity contribution in [2.24, 2.45) is 5.92 Å². The molecule has 0 bridgehead atoms. The fraction of sp³-hybridized carbons (Fsp3) is 0.750. The number of rotatable bonds is 10. The monoisotopic (exact) mass is 445 g/mol. The molecular weight excluding hydrogens is 406 g/mol. The second kappa shape index (κ2) is 10.5. The molecule has 1 aliphatic carbocycles. The summed E-state index contributed by atoms with van der Waals surface area (Å²) in [5.74, 6) is 1.15. The maximum Gasteiger partial charge on any atom is 0.330 e. The topological polar surface area (TPSA) is 93.0 Å². The number of hydrogen-bond acceptors (Lipinski definition) is 4. The number of carbonyl (C=O) groups excluding carboxylic acids is 1. The highest BCUT2D eigenvalue weighted by Gasteiger charge is 2.29. The molecule has 0 radical (unpaired) electrons. The van der Waals surface area contributed by atoms with E-state index in [0.29, 0.717) is 54.9 Å². The van der Waals surface area contributed by atoms with Gasteiger partial charge in [-0.05, 0) is 39.0 Å². The summed E-state index contributed by atoms with van der Waals surface area (Å²) >= 11 is 0. The third-order valence-electron chi connectivity index (χ3n) is 6.37. The third-order valence-corrected chi connectivity index (χ3v) is 6.37. The highest BCUT2D eigenvalue weighted by molar-refractivity contribution is 5.77. The van der Waals surface area contributed by atoms with Gasteiger partial charge < -0.3 is 9.47 Å². The second-order valence-corrected chi connectivity index (χ2v) is 9.80. The number of imidazole rings is 1. The number of carbonyl (C=O) groups is 1. The van der Waals surface area contributed by atoms with E-state index in [1.165, 1.54) is 12.8 Å². The maximum absolute atomic E-state index is 13.2. The van der Waals surface area contributed by atoms with Crippen molar-refractivity contribution >= 4 is 17.1 Å². The molecule has 0 atom stereocenters.